The van der Waals surface area contributed by atoms with Crippen molar-refractivity contribution < 1.29 is 29.1 Å². The molecule has 1 saturated heterocycles. The van der Waals surface area contributed by atoms with E-state index in [1.165, 1.54) is 16.7 Å². The van der Waals surface area contributed by atoms with Crippen LogP contribution in [-0.2, 0) is 30.4 Å². The molecule has 5 N–H and O–H groups in total. The fourth-order valence-electron chi connectivity index (χ4n) is 5.79. The zero-order valence-corrected chi connectivity index (χ0v) is 33.4. The van der Waals surface area contributed by atoms with Crippen LogP contribution in [0.4, 0.5) is 0 Å². The Bertz CT molecular complexity index is 1550. The lowest BCUT2D eigenvalue weighted by molar-refractivity contribution is -0.148. The molecule has 6 atom stereocenters. The first-order chi connectivity index (χ1) is 24.0. The van der Waals surface area contributed by atoms with Crippen LogP contribution < -0.4 is 21.3 Å². The van der Waals surface area contributed by atoms with E-state index in [0.29, 0.717) is 5.56 Å². The molecule has 2 aromatic carbocycles. The molecule has 2 aromatic rings. The first-order valence-corrected chi connectivity index (χ1v) is 19.0. The van der Waals surface area contributed by atoms with Crippen molar-refractivity contribution in [2.45, 2.75) is 124 Å². The van der Waals surface area contributed by atoms with Crippen molar-refractivity contribution in [3.8, 4) is 0 Å². The quantitative estimate of drug-likeness (QED) is 0.205. The van der Waals surface area contributed by atoms with Gasteiger partial charge in [0.15, 0.2) is 6.10 Å². The lowest BCUT2D eigenvalue weighted by Crippen LogP contribution is -2.62. The summed E-state index contributed by atoms with van der Waals surface area (Å²) < 4.78 is -0.642. The highest BCUT2D eigenvalue weighted by Gasteiger charge is 2.50. The highest BCUT2D eigenvalue weighted by Crippen LogP contribution is 2.40. The van der Waals surface area contributed by atoms with E-state index >= 15 is 0 Å². The van der Waals surface area contributed by atoms with Crippen LogP contribution in [0.2, 0.25) is 0 Å². The number of aliphatic hydroxyl groups excluding tert-OH is 1. The van der Waals surface area contributed by atoms with E-state index in [1.54, 1.807) is 65.0 Å². The second-order valence-corrected chi connectivity index (χ2v) is 18.3. The number of hydrogen-bond acceptors (Lipinski definition) is 7. The third-order valence-corrected chi connectivity index (χ3v) is 11.0. The van der Waals surface area contributed by atoms with Gasteiger partial charge >= 0.3 is 0 Å². The summed E-state index contributed by atoms with van der Waals surface area (Å²) in [6, 6.07) is 13.6. The first kappa shape index (κ1) is 42.5. The Labute approximate surface area is 313 Å². The van der Waals surface area contributed by atoms with Gasteiger partial charge in [-0.3, -0.25) is 24.0 Å². The smallest absolute Gasteiger partial charge is 0.254 e. The standard InChI is InChI=1S/C40H59N5O6S/c1-24(2)33(47)43-29(27-20-16-13-17-21-27)34(48)44-31(39(7,8)9)35(49)42-28(22-26-18-14-12-15-19-26)30(46)37(51)45-23-52-40(10,11)32(45)36(50)41-25(3)38(4,5)6/h12-21,24-25,28-32,46H,22-23H2,1-11H3,(H,41,50)(H,42,49)(H,43,47)(H,44,48)/t25?,28-,29-,30-,31+,32+/m0/s1. The molecule has 1 aliphatic heterocycles. The van der Waals surface area contributed by atoms with Crippen LogP contribution >= 0.6 is 11.8 Å². The van der Waals surface area contributed by atoms with Gasteiger partial charge in [0.05, 0.1) is 11.9 Å². The summed E-state index contributed by atoms with van der Waals surface area (Å²) in [6.45, 7) is 20.6. The van der Waals surface area contributed by atoms with Crippen molar-refractivity contribution in [2.75, 3.05) is 5.88 Å². The largest absolute Gasteiger partial charge is 0.381 e. The molecule has 0 aromatic heterocycles. The molecule has 1 aliphatic rings. The monoisotopic (exact) mass is 737 g/mol. The Hall–Kier alpha value is -3.90. The molecule has 0 radical (unpaired) electrons. The van der Waals surface area contributed by atoms with E-state index in [4.69, 9.17) is 0 Å². The predicted octanol–water partition coefficient (Wildman–Crippen LogP) is 4.35. The van der Waals surface area contributed by atoms with Gasteiger partial charge in [-0.25, -0.2) is 0 Å². The van der Waals surface area contributed by atoms with Gasteiger partial charge in [0.1, 0.15) is 18.1 Å². The maximum atomic E-state index is 14.2. The van der Waals surface area contributed by atoms with Crippen LogP contribution in [0.5, 0.6) is 0 Å². The minimum atomic E-state index is -1.72. The summed E-state index contributed by atoms with van der Waals surface area (Å²) in [4.78, 5) is 70.2. The van der Waals surface area contributed by atoms with Crippen molar-refractivity contribution in [2.24, 2.45) is 16.7 Å². The Morgan fingerprint density at radius 3 is 1.87 bits per heavy atom. The van der Waals surface area contributed by atoms with Gasteiger partial charge in [-0.15, -0.1) is 11.8 Å². The van der Waals surface area contributed by atoms with Gasteiger partial charge in [0.25, 0.3) is 5.91 Å². The molecule has 11 nitrogen and oxygen atoms in total. The van der Waals surface area contributed by atoms with E-state index < -0.39 is 58.2 Å². The highest BCUT2D eigenvalue weighted by molar-refractivity contribution is 8.00. The third kappa shape index (κ3) is 11.1. The second kappa shape index (κ2) is 17.3. The number of hydrogen-bond donors (Lipinski definition) is 5. The second-order valence-electron chi connectivity index (χ2n) is 16.7. The van der Waals surface area contributed by atoms with Crippen LogP contribution in [0, 0.1) is 16.7 Å². The maximum absolute atomic E-state index is 14.2. The van der Waals surface area contributed by atoms with Crippen LogP contribution in [0.1, 0.15) is 93.3 Å². The topological polar surface area (TPSA) is 157 Å². The predicted molar refractivity (Wildman–Crippen MR) is 206 cm³/mol. The van der Waals surface area contributed by atoms with Crippen molar-refractivity contribution in [3.63, 3.8) is 0 Å². The lowest BCUT2D eigenvalue weighted by Gasteiger charge is -2.37. The van der Waals surface area contributed by atoms with Crippen molar-refractivity contribution >= 4 is 41.3 Å². The molecule has 12 heteroatoms. The number of benzene rings is 2. The summed E-state index contributed by atoms with van der Waals surface area (Å²) in [5.41, 5.74) is 0.274. The average molecular weight is 738 g/mol. The Morgan fingerprint density at radius 1 is 0.788 bits per heavy atom. The summed E-state index contributed by atoms with van der Waals surface area (Å²) in [7, 11) is 0. The molecule has 1 fully saturated rings. The number of thioether (sulfide) groups is 1. The van der Waals surface area contributed by atoms with E-state index in [0.717, 1.165) is 5.56 Å². The number of nitrogens with one attached hydrogen (secondary N) is 4. The molecule has 286 valence electrons. The lowest BCUT2D eigenvalue weighted by atomic mass is 9.85. The minimum absolute atomic E-state index is 0.101. The summed E-state index contributed by atoms with van der Waals surface area (Å²) in [5, 5.41) is 23.4. The zero-order chi connectivity index (χ0) is 39.2. The van der Waals surface area contributed by atoms with Crippen molar-refractivity contribution in [1.29, 1.82) is 0 Å². The van der Waals surface area contributed by atoms with Gasteiger partial charge in [-0.05, 0) is 49.1 Å². The average Bonchev–Trinajstić information content (AvgIpc) is 3.39. The zero-order valence-electron chi connectivity index (χ0n) is 32.6. The Balaban J connectivity index is 1.94. The molecule has 1 heterocycles. The molecule has 1 unspecified atom stereocenters. The van der Waals surface area contributed by atoms with Gasteiger partial charge in [-0.2, -0.15) is 0 Å². The van der Waals surface area contributed by atoms with Crippen molar-refractivity contribution in [1.82, 2.24) is 26.2 Å². The minimum Gasteiger partial charge on any atom is -0.381 e. The highest BCUT2D eigenvalue weighted by atomic mass is 32.2. The van der Waals surface area contributed by atoms with E-state index in [-0.39, 0.29) is 41.5 Å². The van der Waals surface area contributed by atoms with E-state index in [9.17, 15) is 29.1 Å². The molecule has 0 spiro atoms. The summed E-state index contributed by atoms with van der Waals surface area (Å²) in [6.07, 6.45) is -1.61. The van der Waals surface area contributed by atoms with Crippen LogP contribution in [0.3, 0.4) is 0 Å². The Kier molecular flexibility index (Phi) is 14.1. The van der Waals surface area contributed by atoms with Gasteiger partial charge in [-0.1, -0.05) is 116 Å². The summed E-state index contributed by atoms with van der Waals surface area (Å²) >= 11 is 1.44. The van der Waals surface area contributed by atoms with Gasteiger partial charge in [0.2, 0.25) is 23.6 Å². The van der Waals surface area contributed by atoms with Crippen molar-refractivity contribution in [3.05, 3.63) is 71.8 Å². The SMILES string of the molecule is CC(C)C(=O)N[C@H](C(=O)N[C@H](C(=O)N[C@@H](Cc1ccccc1)[C@H](O)C(=O)N1CSC(C)(C)[C@H]1C(=O)NC(C)C(C)(C)C)C(C)(C)C)c1ccccc1. The fraction of sp³-hybridized carbons (Fsp3) is 0.575. The molecule has 0 aliphatic carbocycles. The van der Waals surface area contributed by atoms with E-state index in [1.807, 2.05) is 71.9 Å². The molecular formula is C40H59N5O6S. The number of nitrogens with zero attached hydrogens (tertiary/aromatic N) is 1. The van der Waals surface area contributed by atoms with Gasteiger partial charge < -0.3 is 31.3 Å². The maximum Gasteiger partial charge on any atom is 0.254 e. The molecule has 52 heavy (non-hydrogen) atoms. The molecule has 0 saturated carbocycles. The number of rotatable bonds is 13. The Morgan fingerprint density at radius 2 is 1.35 bits per heavy atom. The molecule has 3 rings (SSSR count). The first-order valence-electron chi connectivity index (χ1n) is 18.0. The number of aliphatic hydroxyl groups is 1. The van der Waals surface area contributed by atoms with Crippen LogP contribution in [0.25, 0.3) is 0 Å². The van der Waals surface area contributed by atoms with Crippen LogP contribution in [0.15, 0.2) is 60.7 Å². The number of amides is 5. The molecule has 0 bridgehead atoms. The van der Waals surface area contributed by atoms with E-state index in [2.05, 4.69) is 21.3 Å². The third-order valence-electron chi connectivity index (χ3n) is 9.62. The molecular weight excluding hydrogens is 679 g/mol. The fourth-order valence-corrected chi connectivity index (χ4v) is 6.94. The molecule has 5 amide bonds. The normalized spacial score (nSPS) is 18.8. The van der Waals surface area contributed by atoms with Crippen LogP contribution in [-0.4, -0.2) is 80.4 Å². The summed E-state index contributed by atoms with van der Waals surface area (Å²) in [5.74, 6) is -2.71. The number of carbonyl (C=O) groups excluding carboxylic acids is 5. The number of carbonyl (C=O) groups is 5. The van der Waals surface area contributed by atoms with Gasteiger partial charge in [0, 0.05) is 16.7 Å².